The SMILES string of the molecule is C=CC(=O)NC1CCCN(c2ccc(Oc3ccc(Oc4ccccc4)cc3)nc2)C1. The molecular formula is C25H25N3O3. The number of ether oxygens (including phenoxy) is 2. The summed E-state index contributed by atoms with van der Waals surface area (Å²) in [6.07, 6.45) is 5.10. The van der Waals surface area contributed by atoms with Crippen LogP contribution >= 0.6 is 0 Å². The van der Waals surface area contributed by atoms with Gasteiger partial charge in [0.15, 0.2) is 0 Å². The molecule has 6 nitrogen and oxygen atoms in total. The zero-order chi connectivity index (χ0) is 21.5. The summed E-state index contributed by atoms with van der Waals surface area (Å²) in [6.45, 7) is 5.20. The van der Waals surface area contributed by atoms with Crippen molar-refractivity contribution in [2.75, 3.05) is 18.0 Å². The van der Waals surface area contributed by atoms with Crippen LogP contribution in [0.25, 0.3) is 0 Å². The molecule has 2 aromatic carbocycles. The van der Waals surface area contributed by atoms with Crippen LogP contribution in [0.15, 0.2) is 85.6 Å². The third-order valence-electron chi connectivity index (χ3n) is 5.06. The van der Waals surface area contributed by atoms with E-state index < -0.39 is 0 Å². The minimum atomic E-state index is -0.131. The second-order valence-electron chi connectivity index (χ2n) is 7.34. The van der Waals surface area contributed by atoms with E-state index in [1.54, 1.807) is 6.20 Å². The Morgan fingerprint density at radius 1 is 1.00 bits per heavy atom. The lowest BCUT2D eigenvalue weighted by molar-refractivity contribution is -0.117. The fourth-order valence-corrected chi connectivity index (χ4v) is 3.53. The smallest absolute Gasteiger partial charge is 0.243 e. The van der Waals surface area contributed by atoms with Crippen molar-refractivity contribution < 1.29 is 14.3 Å². The molecule has 1 fully saturated rings. The number of pyridine rings is 1. The maximum Gasteiger partial charge on any atom is 0.243 e. The molecule has 3 aromatic rings. The van der Waals surface area contributed by atoms with Gasteiger partial charge in [0, 0.05) is 25.2 Å². The number of benzene rings is 2. The molecule has 6 heteroatoms. The van der Waals surface area contributed by atoms with Crippen LogP contribution < -0.4 is 19.7 Å². The zero-order valence-electron chi connectivity index (χ0n) is 17.2. The molecule has 2 heterocycles. The van der Waals surface area contributed by atoms with E-state index in [0.717, 1.165) is 43.1 Å². The van der Waals surface area contributed by atoms with Gasteiger partial charge in [0.2, 0.25) is 11.8 Å². The third-order valence-corrected chi connectivity index (χ3v) is 5.06. The van der Waals surface area contributed by atoms with Crippen LogP contribution in [0, 0.1) is 0 Å². The Bertz CT molecular complexity index is 1000. The highest BCUT2D eigenvalue weighted by Gasteiger charge is 2.21. The zero-order valence-corrected chi connectivity index (χ0v) is 17.2. The second-order valence-corrected chi connectivity index (χ2v) is 7.34. The van der Waals surface area contributed by atoms with Gasteiger partial charge in [-0.1, -0.05) is 24.8 Å². The van der Waals surface area contributed by atoms with Gasteiger partial charge in [0.25, 0.3) is 0 Å². The lowest BCUT2D eigenvalue weighted by atomic mass is 10.1. The van der Waals surface area contributed by atoms with E-state index in [0.29, 0.717) is 11.6 Å². The van der Waals surface area contributed by atoms with Crippen molar-refractivity contribution in [3.05, 3.63) is 85.6 Å². The number of hydrogen-bond donors (Lipinski definition) is 1. The number of hydrogen-bond acceptors (Lipinski definition) is 5. The Balaban J connectivity index is 1.34. The molecule has 0 saturated carbocycles. The van der Waals surface area contributed by atoms with E-state index >= 15 is 0 Å². The molecule has 0 radical (unpaired) electrons. The van der Waals surface area contributed by atoms with Gasteiger partial charge in [-0.05, 0) is 61.4 Å². The van der Waals surface area contributed by atoms with Crippen LogP contribution in [0.5, 0.6) is 23.1 Å². The number of amides is 1. The number of anilines is 1. The Labute approximate surface area is 182 Å². The summed E-state index contributed by atoms with van der Waals surface area (Å²) >= 11 is 0. The molecule has 158 valence electrons. The fourth-order valence-electron chi connectivity index (χ4n) is 3.53. The molecule has 1 N–H and O–H groups in total. The molecule has 0 spiro atoms. The van der Waals surface area contributed by atoms with Gasteiger partial charge in [-0.3, -0.25) is 4.79 Å². The minimum Gasteiger partial charge on any atom is -0.457 e. The summed E-state index contributed by atoms with van der Waals surface area (Å²) in [7, 11) is 0. The predicted molar refractivity (Wildman–Crippen MR) is 121 cm³/mol. The van der Waals surface area contributed by atoms with Gasteiger partial charge in [-0.25, -0.2) is 4.98 Å². The molecule has 0 aliphatic carbocycles. The van der Waals surface area contributed by atoms with Gasteiger partial charge in [-0.15, -0.1) is 0 Å². The first-order valence-electron chi connectivity index (χ1n) is 10.3. The summed E-state index contributed by atoms with van der Waals surface area (Å²) in [6, 6.07) is 21.0. The summed E-state index contributed by atoms with van der Waals surface area (Å²) < 4.78 is 11.7. The Morgan fingerprint density at radius 3 is 2.39 bits per heavy atom. The first kappa shape index (κ1) is 20.5. The van der Waals surface area contributed by atoms with Gasteiger partial charge in [0.05, 0.1) is 11.9 Å². The minimum absolute atomic E-state index is 0.117. The number of piperidine rings is 1. The lowest BCUT2D eigenvalue weighted by Crippen LogP contribution is -2.47. The van der Waals surface area contributed by atoms with Gasteiger partial charge >= 0.3 is 0 Å². The van der Waals surface area contributed by atoms with Crippen molar-refractivity contribution in [2.24, 2.45) is 0 Å². The van der Waals surface area contributed by atoms with Crippen LogP contribution in [0.1, 0.15) is 12.8 Å². The van der Waals surface area contributed by atoms with E-state index in [2.05, 4.69) is 21.8 Å². The maximum atomic E-state index is 11.6. The number of aromatic nitrogens is 1. The molecule has 31 heavy (non-hydrogen) atoms. The largest absolute Gasteiger partial charge is 0.457 e. The quantitative estimate of drug-likeness (QED) is 0.554. The van der Waals surface area contributed by atoms with E-state index in [1.807, 2.05) is 66.7 Å². The highest BCUT2D eigenvalue weighted by Crippen LogP contribution is 2.27. The van der Waals surface area contributed by atoms with E-state index in [9.17, 15) is 4.79 Å². The average molecular weight is 415 g/mol. The van der Waals surface area contributed by atoms with Crippen molar-refractivity contribution in [1.29, 1.82) is 0 Å². The summed E-state index contributed by atoms with van der Waals surface area (Å²) in [4.78, 5) is 18.2. The number of nitrogens with one attached hydrogen (secondary N) is 1. The Hall–Kier alpha value is -3.80. The molecule has 1 saturated heterocycles. The molecule has 1 aromatic heterocycles. The third kappa shape index (κ3) is 5.63. The fraction of sp³-hybridized carbons (Fsp3) is 0.200. The second kappa shape index (κ2) is 9.80. The van der Waals surface area contributed by atoms with E-state index in [4.69, 9.17) is 9.47 Å². The topological polar surface area (TPSA) is 63.7 Å². The first-order chi connectivity index (χ1) is 15.2. The van der Waals surface area contributed by atoms with Crippen LogP contribution in [0.2, 0.25) is 0 Å². The Morgan fingerprint density at radius 2 is 1.71 bits per heavy atom. The molecule has 1 aliphatic heterocycles. The number of carbonyl (C=O) groups excluding carboxylic acids is 1. The normalized spacial score (nSPS) is 15.7. The standard InChI is InChI=1S/C25H25N3O3/c1-2-24(29)27-19-7-6-16-28(18-19)20-10-15-25(26-17-20)31-23-13-11-22(12-14-23)30-21-8-4-3-5-9-21/h2-5,8-15,17,19H,1,6-7,16,18H2,(H,27,29). The molecule has 1 aliphatic rings. The van der Waals surface area contributed by atoms with Crippen LogP contribution in [-0.4, -0.2) is 30.0 Å². The predicted octanol–water partition coefficient (Wildman–Crippen LogP) is 4.94. The number of rotatable bonds is 7. The van der Waals surface area contributed by atoms with Crippen LogP contribution in [0.4, 0.5) is 5.69 Å². The summed E-state index contributed by atoms with van der Waals surface area (Å²) in [5.74, 6) is 2.61. The van der Waals surface area contributed by atoms with Crippen LogP contribution in [0.3, 0.4) is 0 Å². The van der Waals surface area contributed by atoms with Crippen molar-refractivity contribution in [3.63, 3.8) is 0 Å². The monoisotopic (exact) mass is 415 g/mol. The van der Waals surface area contributed by atoms with Crippen molar-refractivity contribution in [2.45, 2.75) is 18.9 Å². The van der Waals surface area contributed by atoms with Crippen molar-refractivity contribution >= 4 is 11.6 Å². The number of nitrogens with zero attached hydrogens (tertiary/aromatic N) is 2. The van der Waals surface area contributed by atoms with Gasteiger partial charge in [-0.2, -0.15) is 0 Å². The maximum absolute atomic E-state index is 11.6. The van der Waals surface area contributed by atoms with Crippen LogP contribution in [-0.2, 0) is 4.79 Å². The molecule has 0 bridgehead atoms. The first-order valence-corrected chi connectivity index (χ1v) is 10.3. The number of para-hydroxylation sites is 1. The summed E-state index contributed by atoms with van der Waals surface area (Å²) in [5.41, 5.74) is 1.01. The molecular weight excluding hydrogens is 390 g/mol. The molecule has 1 unspecified atom stereocenters. The number of carbonyl (C=O) groups is 1. The molecule has 1 amide bonds. The average Bonchev–Trinajstić information content (AvgIpc) is 2.82. The highest BCUT2D eigenvalue weighted by molar-refractivity contribution is 5.87. The Kier molecular flexibility index (Phi) is 6.47. The summed E-state index contributed by atoms with van der Waals surface area (Å²) in [5, 5.41) is 2.98. The van der Waals surface area contributed by atoms with E-state index in [1.165, 1.54) is 6.08 Å². The van der Waals surface area contributed by atoms with Crippen molar-refractivity contribution in [1.82, 2.24) is 10.3 Å². The van der Waals surface area contributed by atoms with Gasteiger partial charge in [0.1, 0.15) is 17.2 Å². The van der Waals surface area contributed by atoms with Gasteiger partial charge < -0.3 is 19.7 Å². The van der Waals surface area contributed by atoms with E-state index in [-0.39, 0.29) is 11.9 Å². The van der Waals surface area contributed by atoms with Crippen molar-refractivity contribution in [3.8, 4) is 23.1 Å². The highest BCUT2D eigenvalue weighted by atomic mass is 16.5. The molecule has 4 rings (SSSR count). The lowest BCUT2D eigenvalue weighted by Gasteiger charge is -2.34. The molecule has 1 atom stereocenters.